The summed E-state index contributed by atoms with van der Waals surface area (Å²) in [6.07, 6.45) is 12.2. The highest BCUT2D eigenvalue weighted by Gasteiger charge is 2.49. The minimum atomic E-state index is -0.280. The number of carbonyl (C=O) groups is 1. The number of hydrogen-bond donors (Lipinski definition) is 2. The molecule has 4 aliphatic rings. The van der Waals surface area contributed by atoms with Crippen LogP contribution in [0.5, 0.6) is 0 Å². The van der Waals surface area contributed by atoms with Crippen LogP contribution in [0.4, 0.5) is 0 Å². The number of aliphatic hydroxyl groups is 1. The van der Waals surface area contributed by atoms with Crippen LogP contribution in [0.1, 0.15) is 76.2 Å². The predicted octanol–water partition coefficient (Wildman–Crippen LogP) is 3.77. The van der Waals surface area contributed by atoms with Crippen molar-refractivity contribution in [3.8, 4) is 0 Å². The van der Waals surface area contributed by atoms with E-state index in [9.17, 15) is 9.90 Å². The van der Waals surface area contributed by atoms with Crippen molar-refractivity contribution in [2.75, 3.05) is 53.7 Å². The van der Waals surface area contributed by atoms with Crippen molar-refractivity contribution in [1.82, 2.24) is 20.0 Å². The lowest BCUT2D eigenvalue weighted by atomic mass is 9.67. The second-order valence-corrected chi connectivity index (χ2v) is 12.9. The smallest absolute Gasteiger partial charge is 0.234 e. The van der Waals surface area contributed by atoms with Crippen LogP contribution in [0.2, 0.25) is 0 Å². The van der Waals surface area contributed by atoms with Gasteiger partial charge in [-0.15, -0.1) is 0 Å². The van der Waals surface area contributed by atoms with Gasteiger partial charge in [-0.25, -0.2) is 0 Å². The summed E-state index contributed by atoms with van der Waals surface area (Å²) in [7, 11) is 4.46. The predicted molar refractivity (Wildman–Crippen MR) is 150 cm³/mol. The third kappa shape index (κ3) is 6.12. The van der Waals surface area contributed by atoms with E-state index in [4.69, 9.17) is 4.74 Å². The summed E-state index contributed by atoms with van der Waals surface area (Å²) >= 11 is 0. The number of benzene rings is 1. The van der Waals surface area contributed by atoms with Crippen molar-refractivity contribution in [2.24, 2.45) is 11.8 Å². The normalized spacial score (nSPS) is 33.7. The molecule has 0 radical (unpaired) electrons. The molecule has 1 spiro atoms. The number of nitrogens with zero attached hydrogens (tertiary/aromatic N) is 3. The number of rotatable bonds is 8. The van der Waals surface area contributed by atoms with Gasteiger partial charge in [0.2, 0.25) is 5.91 Å². The van der Waals surface area contributed by atoms with Crippen molar-refractivity contribution in [2.45, 2.75) is 87.8 Å². The van der Waals surface area contributed by atoms with E-state index in [1.807, 2.05) is 0 Å². The van der Waals surface area contributed by atoms with E-state index in [-0.39, 0.29) is 29.0 Å². The summed E-state index contributed by atoms with van der Waals surface area (Å²) < 4.78 is 6.23. The topological polar surface area (TPSA) is 68.3 Å². The molecule has 212 valence electrons. The number of amides is 1. The molecule has 1 aromatic rings. The summed E-state index contributed by atoms with van der Waals surface area (Å²) in [6.45, 7) is 4.08. The molecule has 1 unspecified atom stereocenters. The molecule has 2 N–H and O–H groups in total. The van der Waals surface area contributed by atoms with E-state index >= 15 is 0 Å². The molecule has 38 heavy (non-hydrogen) atoms. The molecule has 0 bridgehead atoms. The average Bonchev–Trinajstić information content (AvgIpc) is 3.05. The number of nitrogens with one attached hydrogen (secondary N) is 1. The van der Waals surface area contributed by atoms with Gasteiger partial charge in [0.15, 0.2) is 0 Å². The lowest BCUT2D eigenvalue weighted by molar-refractivity contribution is -0.124. The first-order valence-corrected chi connectivity index (χ1v) is 15.1. The van der Waals surface area contributed by atoms with Gasteiger partial charge in [0.05, 0.1) is 12.6 Å². The Hall–Kier alpha value is -1.51. The molecule has 2 atom stereocenters. The van der Waals surface area contributed by atoms with E-state index in [0.717, 1.165) is 70.4 Å². The molecule has 3 aliphatic carbocycles. The molecule has 4 fully saturated rings. The Morgan fingerprint density at radius 3 is 2.42 bits per heavy atom. The Morgan fingerprint density at radius 1 is 1.03 bits per heavy atom. The molecule has 1 amide bonds. The Balaban J connectivity index is 1.27. The number of carbonyl (C=O) groups excluding carboxylic acids is 1. The number of hydrogen-bond acceptors (Lipinski definition) is 6. The SMILES string of the molecule is CN(C)C1(c2ccccc2)CCC2(CC1)CN(CC(=O)NCC1CCCC[C@H]1O)COCN2CC1CCC1. The largest absolute Gasteiger partial charge is 0.393 e. The standard InChI is InChI=1S/C31H50N4O3/c1-33(2)31(27-12-4-3-5-13-27)17-15-30(16-18-31)22-34(23-38-24-35(30)20-25-9-8-10-25)21-29(37)32-19-26-11-6-7-14-28(26)36/h3-5,12-13,25-26,28,36H,6-11,14-24H2,1-2H3,(H,32,37)/t26?,28-,30?,31?/m1/s1. The first-order chi connectivity index (χ1) is 18.4. The number of aliphatic hydroxyl groups excluding tert-OH is 1. The van der Waals surface area contributed by atoms with Gasteiger partial charge in [-0.3, -0.25) is 19.5 Å². The first kappa shape index (κ1) is 28.0. The van der Waals surface area contributed by atoms with Crippen LogP contribution in [0.15, 0.2) is 30.3 Å². The fourth-order valence-corrected chi connectivity index (χ4v) is 7.59. The highest BCUT2D eigenvalue weighted by molar-refractivity contribution is 5.78. The van der Waals surface area contributed by atoms with E-state index in [1.54, 1.807) is 0 Å². The molecule has 1 heterocycles. The lowest BCUT2D eigenvalue weighted by Gasteiger charge is -2.54. The van der Waals surface area contributed by atoms with E-state index < -0.39 is 0 Å². The van der Waals surface area contributed by atoms with Crippen LogP contribution in [0.25, 0.3) is 0 Å². The van der Waals surface area contributed by atoms with Crippen molar-refractivity contribution >= 4 is 5.91 Å². The molecule has 3 saturated carbocycles. The molecule has 1 aromatic carbocycles. The summed E-state index contributed by atoms with van der Waals surface area (Å²) in [4.78, 5) is 20.3. The average molecular weight is 527 g/mol. The van der Waals surface area contributed by atoms with Crippen LogP contribution in [-0.2, 0) is 15.1 Å². The minimum absolute atomic E-state index is 0.0280. The number of ether oxygens (including phenoxy) is 1. The molecule has 5 rings (SSSR count). The fourth-order valence-electron chi connectivity index (χ4n) is 7.59. The van der Waals surface area contributed by atoms with E-state index in [1.165, 1.54) is 24.8 Å². The van der Waals surface area contributed by atoms with Gasteiger partial charge in [0.25, 0.3) is 0 Å². The summed E-state index contributed by atoms with van der Waals surface area (Å²) in [5.74, 6) is 1.02. The van der Waals surface area contributed by atoms with Crippen molar-refractivity contribution in [1.29, 1.82) is 0 Å². The Morgan fingerprint density at radius 2 is 1.76 bits per heavy atom. The van der Waals surface area contributed by atoms with Crippen LogP contribution < -0.4 is 5.32 Å². The van der Waals surface area contributed by atoms with Crippen molar-refractivity contribution < 1.29 is 14.6 Å². The Labute approximate surface area is 229 Å². The monoisotopic (exact) mass is 526 g/mol. The third-order valence-electron chi connectivity index (χ3n) is 10.4. The second-order valence-electron chi connectivity index (χ2n) is 12.9. The summed E-state index contributed by atoms with van der Waals surface area (Å²) in [5.41, 5.74) is 1.49. The maximum Gasteiger partial charge on any atom is 0.234 e. The fraction of sp³-hybridized carbons (Fsp3) is 0.774. The maximum absolute atomic E-state index is 13.0. The molecular formula is C31H50N4O3. The zero-order valence-electron chi connectivity index (χ0n) is 23.7. The molecule has 7 heteroatoms. The summed E-state index contributed by atoms with van der Waals surface area (Å²) in [6, 6.07) is 11.0. The van der Waals surface area contributed by atoms with E-state index in [0.29, 0.717) is 26.6 Å². The second kappa shape index (κ2) is 12.3. The lowest BCUT2D eigenvalue weighted by Crippen LogP contribution is -2.61. The highest BCUT2D eigenvalue weighted by atomic mass is 16.5. The van der Waals surface area contributed by atoms with Gasteiger partial charge in [-0.05, 0) is 76.9 Å². The summed E-state index contributed by atoms with van der Waals surface area (Å²) in [5, 5.41) is 13.4. The zero-order valence-corrected chi connectivity index (χ0v) is 23.7. The quantitative estimate of drug-likeness (QED) is 0.538. The Bertz CT molecular complexity index is 898. The first-order valence-electron chi connectivity index (χ1n) is 15.1. The molecular weight excluding hydrogens is 476 g/mol. The Kier molecular flexibility index (Phi) is 9.10. The molecule has 1 aliphatic heterocycles. The zero-order chi connectivity index (χ0) is 26.6. The molecule has 7 nitrogen and oxygen atoms in total. The van der Waals surface area contributed by atoms with Gasteiger partial charge >= 0.3 is 0 Å². The minimum Gasteiger partial charge on any atom is -0.393 e. The van der Waals surface area contributed by atoms with E-state index in [2.05, 4.69) is 64.4 Å². The van der Waals surface area contributed by atoms with Crippen LogP contribution in [-0.4, -0.2) is 91.1 Å². The van der Waals surface area contributed by atoms with Crippen LogP contribution in [0, 0.1) is 11.8 Å². The van der Waals surface area contributed by atoms with Gasteiger partial charge < -0.3 is 15.2 Å². The highest BCUT2D eigenvalue weighted by Crippen LogP contribution is 2.48. The van der Waals surface area contributed by atoms with Gasteiger partial charge in [-0.1, -0.05) is 49.6 Å². The third-order valence-corrected chi connectivity index (χ3v) is 10.4. The van der Waals surface area contributed by atoms with Crippen LogP contribution >= 0.6 is 0 Å². The van der Waals surface area contributed by atoms with Gasteiger partial charge in [-0.2, -0.15) is 0 Å². The van der Waals surface area contributed by atoms with Gasteiger partial charge in [0.1, 0.15) is 13.5 Å². The molecule has 1 saturated heterocycles. The van der Waals surface area contributed by atoms with Gasteiger partial charge in [0, 0.05) is 36.6 Å². The molecule has 0 aromatic heterocycles. The van der Waals surface area contributed by atoms with Crippen molar-refractivity contribution in [3.63, 3.8) is 0 Å². The van der Waals surface area contributed by atoms with Crippen LogP contribution in [0.3, 0.4) is 0 Å². The maximum atomic E-state index is 13.0. The van der Waals surface area contributed by atoms with Crippen molar-refractivity contribution in [3.05, 3.63) is 35.9 Å².